The molecule has 2 rings (SSSR count). The van der Waals surface area contributed by atoms with Crippen molar-refractivity contribution < 1.29 is 9.18 Å². The molecular formula is C16H18FN3O2. The molecule has 0 fully saturated rings. The van der Waals surface area contributed by atoms with E-state index >= 15 is 0 Å². The number of aryl methyl sites for hydroxylation is 1. The predicted octanol–water partition coefficient (Wildman–Crippen LogP) is 2.45. The predicted molar refractivity (Wildman–Crippen MR) is 82.4 cm³/mol. The van der Waals surface area contributed by atoms with Crippen LogP contribution in [0.3, 0.4) is 0 Å². The quantitative estimate of drug-likeness (QED) is 0.943. The molecule has 0 saturated heterocycles. The first-order valence-corrected chi connectivity index (χ1v) is 6.99. The molecule has 0 saturated carbocycles. The monoisotopic (exact) mass is 303 g/mol. The minimum Gasteiger partial charge on any atom is -0.324 e. The normalized spacial score (nSPS) is 10.8. The van der Waals surface area contributed by atoms with Crippen LogP contribution in [0.2, 0.25) is 0 Å². The fourth-order valence-corrected chi connectivity index (χ4v) is 1.90. The molecule has 2 aromatic rings. The summed E-state index contributed by atoms with van der Waals surface area (Å²) in [5, 5.41) is 2.56. The number of halogens is 1. The van der Waals surface area contributed by atoms with Gasteiger partial charge in [0.1, 0.15) is 12.4 Å². The Labute approximate surface area is 127 Å². The zero-order chi connectivity index (χ0) is 16.3. The van der Waals surface area contributed by atoms with Crippen molar-refractivity contribution >= 4 is 11.6 Å². The molecule has 0 aliphatic carbocycles. The second-order valence-corrected chi connectivity index (χ2v) is 5.45. The van der Waals surface area contributed by atoms with Gasteiger partial charge in [0.15, 0.2) is 0 Å². The third kappa shape index (κ3) is 3.78. The Hall–Kier alpha value is -2.50. The summed E-state index contributed by atoms with van der Waals surface area (Å²) in [7, 11) is 0. The van der Waals surface area contributed by atoms with E-state index in [1.165, 1.54) is 23.0 Å². The summed E-state index contributed by atoms with van der Waals surface area (Å²) in [5.41, 5.74) is 1.25. The summed E-state index contributed by atoms with van der Waals surface area (Å²) in [6.45, 7) is 5.34. The molecule has 0 unspecified atom stereocenters. The molecule has 1 heterocycles. The maximum absolute atomic E-state index is 13.4. The van der Waals surface area contributed by atoms with Gasteiger partial charge in [-0.2, -0.15) is 0 Å². The Bertz CT molecular complexity index is 753. The molecular weight excluding hydrogens is 285 g/mol. The standard InChI is InChI=1S/C16H18FN3O2/c1-10(2)14-7-16(22)20(9-18-14)8-15(21)19-12-5-4-11(3)13(17)6-12/h4-7,9-10H,8H2,1-3H3,(H,19,21). The fraction of sp³-hybridized carbons (Fsp3) is 0.312. The number of hydrogen-bond donors (Lipinski definition) is 1. The molecule has 6 heteroatoms. The van der Waals surface area contributed by atoms with E-state index in [0.29, 0.717) is 16.9 Å². The average Bonchev–Trinajstić information content (AvgIpc) is 2.45. The molecule has 1 N–H and O–H groups in total. The summed E-state index contributed by atoms with van der Waals surface area (Å²) in [6, 6.07) is 5.86. The van der Waals surface area contributed by atoms with Crippen LogP contribution in [0, 0.1) is 12.7 Å². The van der Waals surface area contributed by atoms with Gasteiger partial charge in [0.05, 0.1) is 12.0 Å². The Balaban J connectivity index is 2.09. The van der Waals surface area contributed by atoms with E-state index in [4.69, 9.17) is 0 Å². The molecule has 1 aromatic carbocycles. The lowest BCUT2D eigenvalue weighted by Gasteiger charge is -2.09. The molecule has 0 spiro atoms. The van der Waals surface area contributed by atoms with E-state index in [-0.39, 0.29) is 18.0 Å². The summed E-state index contributed by atoms with van der Waals surface area (Å²) in [6.07, 6.45) is 1.35. The van der Waals surface area contributed by atoms with Gasteiger partial charge in [0.25, 0.3) is 5.56 Å². The van der Waals surface area contributed by atoms with E-state index < -0.39 is 11.7 Å². The molecule has 1 amide bonds. The first-order chi connectivity index (χ1) is 10.4. The van der Waals surface area contributed by atoms with Crippen LogP contribution < -0.4 is 10.9 Å². The first-order valence-electron chi connectivity index (χ1n) is 6.99. The van der Waals surface area contributed by atoms with Crippen LogP contribution in [0.4, 0.5) is 10.1 Å². The minimum absolute atomic E-state index is 0.145. The minimum atomic E-state index is -0.413. The summed E-state index contributed by atoms with van der Waals surface area (Å²) in [5.74, 6) is -0.658. The van der Waals surface area contributed by atoms with E-state index in [9.17, 15) is 14.0 Å². The Morgan fingerprint density at radius 1 is 1.36 bits per heavy atom. The fourth-order valence-electron chi connectivity index (χ4n) is 1.90. The molecule has 0 bridgehead atoms. The molecule has 116 valence electrons. The van der Waals surface area contributed by atoms with Crippen LogP contribution in [0.15, 0.2) is 35.4 Å². The highest BCUT2D eigenvalue weighted by Gasteiger charge is 2.09. The van der Waals surface area contributed by atoms with Gasteiger partial charge < -0.3 is 5.32 Å². The maximum atomic E-state index is 13.4. The van der Waals surface area contributed by atoms with Crippen molar-refractivity contribution in [1.29, 1.82) is 0 Å². The van der Waals surface area contributed by atoms with E-state index in [1.54, 1.807) is 19.1 Å². The van der Waals surface area contributed by atoms with Crippen LogP contribution in [-0.4, -0.2) is 15.5 Å². The molecule has 22 heavy (non-hydrogen) atoms. The summed E-state index contributed by atoms with van der Waals surface area (Å²) >= 11 is 0. The third-order valence-corrected chi connectivity index (χ3v) is 3.26. The molecule has 0 aliphatic heterocycles. The van der Waals surface area contributed by atoms with Crippen molar-refractivity contribution in [2.24, 2.45) is 0 Å². The zero-order valence-corrected chi connectivity index (χ0v) is 12.8. The lowest BCUT2D eigenvalue weighted by atomic mass is 10.1. The van der Waals surface area contributed by atoms with Crippen LogP contribution >= 0.6 is 0 Å². The Morgan fingerprint density at radius 2 is 2.09 bits per heavy atom. The lowest BCUT2D eigenvalue weighted by molar-refractivity contribution is -0.116. The van der Waals surface area contributed by atoms with Gasteiger partial charge in [-0.25, -0.2) is 9.37 Å². The second kappa shape index (κ2) is 6.51. The molecule has 0 aliphatic rings. The van der Waals surface area contributed by atoms with Gasteiger partial charge >= 0.3 is 0 Å². The topological polar surface area (TPSA) is 64.0 Å². The number of amides is 1. The maximum Gasteiger partial charge on any atom is 0.254 e. The smallest absolute Gasteiger partial charge is 0.254 e. The number of aromatic nitrogens is 2. The zero-order valence-electron chi connectivity index (χ0n) is 12.8. The number of carbonyl (C=O) groups excluding carboxylic acids is 1. The van der Waals surface area contributed by atoms with Gasteiger partial charge in [0.2, 0.25) is 5.91 Å². The van der Waals surface area contributed by atoms with Crippen LogP contribution in [0.25, 0.3) is 0 Å². The molecule has 5 nitrogen and oxygen atoms in total. The van der Waals surface area contributed by atoms with Crippen molar-refractivity contribution in [3.63, 3.8) is 0 Å². The van der Waals surface area contributed by atoms with Crippen LogP contribution in [0.5, 0.6) is 0 Å². The summed E-state index contributed by atoms with van der Waals surface area (Å²) in [4.78, 5) is 28.0. The van der Waals surface area contributed by atoms with Gasteiger partial charge in [-0.3, -0.25) is 14.2 Å². The average molecular weight is 303 g/mol. The number of nitrogens with zero attached hydrogens (tertiary/aromatic N) is 2. The number of carbonyl (C=O) groups is 1. The van der Waals surface area contributed by atoms with Crippen LogP contribution in [0.1, 0.15) is 31.0 Å². The van der Waals surface area contributed by atoms with Crippen molar-refractivity contribution in [3.8, 4) is 0 Å². The number of rotatable bonds is 4. The molecule has 1 aromatic heterocycles. The van der Waals surface area contributed by atoms with Crippen molar-refractivity contribution in [1.82, 2.24) is 9.55 Å². The SMILES string of the molecule is Cc1ccc(NC(=O)Cn2cnc(C(C)C)cc2=O)cc1F. The van der Waals surface area contributed by atoms with E-state index in [1.807, 2.05) is 13.8 Å². The number of anilines is 1. The highest BCUT2D eigenvalue weighted by atomic mass is 19.1. The number of benzene rings is 1. The Morgan fingerprint density at radius 3 is 2.68 bits per heavy atom. The van der Waals surface area contributed by atoms with Crippen molar-refractivity contribution in [2.75, 3.05) is 5.32 Å². The van der Waals surface area contributed by atoms with E-state index in [0.717, 1.165) is 0 Å². The van der Waals surface area contributed by atoms with Gasteiger partial charge in [-0.15, -0.1) is 0 Å². The summed E-state index contributed by atoms with van der Waals surface area (Å²) < 4.78 is 14.6. The van der Waals surface area contributed by atoms with Gasteiger partial charge in [0, 0.05) is 11.8 Å². The van der Waals surface area contributed by atoms with Gasteiger partial charge in [-0.1, -0.05) is 19.9 Å². The highest BCUT2D eigenvalue weighted by Crippen LogP contribution is 2.13. The molecule has 0 atom stereocenters. The lowest BCUT2D eigenvalue weighted by Crippen LogP contribution is -2.28. The van der Waals surface area contributed by atoms with Crippen molar-refractivity contribution in [3.05, 3.63) is 58.0 Å². The van der Waals surface area contributed by atoms with E-state index in [2.05, 4.69) is 10.3 Å². The first kappa shape index (κ1) is 15.9. The third-order valence-electron chi connectivity index (χ3n) is 3.26. The largest absolute Gasteiger partial charge is 0.324 e. The Kier molecular flexibility index (Phi) is 4.70. The number of nitrogens with one attached hydrogen (secondary N) is 1. The van der Waals surface area contributed by atoms with Crippen molar-refractivity contribution in [2.45, 2.75) is 33.2 Å². The number of hydrogen-bond acceptors (Lipinski definition) is 3. The molecule has 0 radical (unpaired) electrons. The highest BCUT2D eigenvalue weighted by molar-refractivity contribution is 5.90. The van der Waals surface area contributed by atoms with Gasteiger partial charge in [-0.05, 0) is 30.5 Å². The second-order valence-electron chi connectivity index (χ2n) is 5.45. The van der Waals surface area contributed by atoms with Crippen LogP contribution in [-0.2, 0) is 11.3 Å².